The molecule has 0 amide bonds. The van der Waals surface area contributed by atoms with Crippen molar-refractivity contribution in [2.75, 3.05) is 6.61 Å². The van der Waals surface area contributed by atoms with Gasteiger partial charge in [-0.15, -0.1) is 0 Å². The summed E-state index contributed by atoms with van der Waals surface area (Å²) >= 11 is 0. The van der Waals surface area contributed by atoms with Crippen molar-refractivity contribution < 1.29 is 24.5 Å². The minimum absolute atomic E-state index is 0.0350. The van der Waals surface area contributed by atoms with Crippen LogP contribution in [0.2, 0.25) is 0 Å². The maximum atomic E-state index is 12.2. The number of alkyl halides is 1. The number of carbonyl (C=O) groups is 1. The molecule has 0 aromatic carbocycles. The zero-order chi connectivity index (χ0) is 8.85. The fourth-order valence-corrected chi connectivity index (χ4v) is 0.565. The molecule has 0 aromatic rings. The van der Waals surface area contributed by atoms with E-state index in [0.717, 1.165) is 0 Å². The molecule has 11 heavy (non-hydrogen) atoms. The van der Waals surface area contributed by atoms with Gasteiger partial charge >= 0.3 is 0 Å². The molecule has 0 radical (unpaired) electrons. The molecule has 0 aliphatic heterocycles. The van der Waals surface area contributed by atoms with Crippen LogP contribution in [-0.4, -0.2) is 46.6 Å². The van der Waals surface area contributed by atoms with E-state index in [-0.39, 0.29) is 6.29 Å². The fourth-order valence-electron chi connectivity index (χ4n) is 0.565. The standard InChI is InChI=1S/C6H11FO4/c7-4(2-8)1-5(10)6(11)3-9/h2,4-6,9-11H,1,3H2/t4-,5+,6-/m1/s1. The van der Waals surface area contributed by atoms with Crippen LogP contribution in [-0.2, 0) is 4.79 Å². The van der Waals surface area contributed by atoms with E-state index in [1.165, 1.54) is 0 Å². The largest absolute Gasteiger partial charge is 0.394 e. The van der Waals surface area contributed by atoms with E-state index in [1.54, 1.807) is 0 Å². The molecular weight excluding hydrogens is 155 g/mol. The summed E-state index contributed by atoms with van der Waals surface area (Å²) in [6, 6.07) is 0. The summed E-state index contributed by atoms with van der Waals surface area (Å²) in [5.41, 5.74) is 0. The van der Waals surface area contributed by atoms with E-state index < -0.39 is 31.4 Å². The summed E-state index contributed by atoms with van der Waals surface area (Å²) in [7, 11) is 0. The summed E-state index contributed by atoms with van der Waals surface area (Å²) in [5.74, 6) is 0. The fraction of sp³-hybridized carbons (Fsp3) is 0.833. The lowest BCUT2D eigenvalue weighted by Gasteiger charge is -2.14. The second-order valence-corrected chi connectivity index (χ2v) is 2.21. The third-order valence-corrected chi connectivity index (χ3v) is 1.25. The van der Waals surface area contributed by atoms with Crippen LogP contribution in [0.25, 0.3) is 0 Å². The molecule has 0 aliphatic rings. The van der Waals surface area contributed by atoms with Crippen LogP contribution < -0.4 is 0 Å². The molecule has 3 N–H and O–H groups in total. The monoisotopic (exact) mass is 166 g/mol. The Morgan fingerprint density at radius 2 is 1.91 bits per heavy atom. The van der Waals surface area contributed by atoms with E-state index in [1.807, 2.05) is 0 Å². The van der Waals surface area contributed by atoms with Gasteiger partial charge in [-0.3, -0.25) is 0 Å². The van der Waals surface area contributed by atoms with Crippen LogP contribution in [0.15, 0.2) is 0 Å². The first-order chi connectivity index (χ1) is 5.11. The number of aldehydes is 1. The summed E-state index contributed by atoms with van der Waals surface area (Å²) in [6.45, 7) is -0.646. The Morgan fingerprint density at radius 3 is 2.27 bits per heavy atom. The highest BCUT2D eigenvalue weighted by Gasteiger charge is 2.19. The molecule has 0 unspecified atom stereocenters. The zero-order valence-corrected chi connectivity index (χ0v) is 5.85. The summed E-state index contributed by atoms with van der Waals surface area (Å²) < 4.78 is 12.2. The highest BCUT2D eigenvalue weighted by molar-refractivity contribution is 5.55. The normalized spacial score (nSPS) is 18.9. The molecule has 3 atom stereocenters. The lowest BCUT2D eigenvalue weighted by Crippen LogP contribution is -2.31. The molecule has 0 bridgehead atoms. The lowest BCUT2D eigenvalue weighted by atomic mass is 10.1. The minimum atomic E-state index is -1.79. The van der Waals surface area contributed by atoms with Crippen molar-refractivity contribution in [3.8, 4) is 0 Å². The van der Waals surface area contributed by atoms with Gasteiger partial charge in [0.25, 0.3) is 0 Å². The highest BCUT2D eigenvalue weighted by Crippen LogP contribution is 2.03. The van der Waals surface area contributed by atoms with Gasteiger partial charge in [0.1, 0.15) is 6.10 Å². The van der Waals surface area contributed by atoms with Crippen molar-refractivity contribution in [3.05, 3.63) is 0 Å². The smallest absolute Gasteiger partial charge is 0.158 e. The number of hydrogen-bond acceptors (Lipinski definition) is 4. The number of hydrogen-bond donors (Lipinski definition) is 3. The quantitative estimate of drug-likeness (QED) is 0.440. The molecule has 0 aliphatic carbocycles. The maximum Gasteiger partial charge on any atom is 0.158 e. The van der Waals surface area contributed by atoms with Crippen molar-refractivity contribution in [2.24, 2.45) is 0 Å². The number of carbonyl (C=O) groups excluding carboxylic acids is 1. The van der Waals surface area contributed by atoms with Crippen LogP contribution in [0.1, 0.15) is 6.42 Å². The Bertz CT molecular complexity index is 119. The van der Waals surface area contributed by atoms with Crippen LogP contribution in [0.3, 0.4) is 0 Å². The second-order valence-electron chi connectivity index (χ2n) is 2.21. The average molecular weight is 166 g/mol. The molecule has 0 saturated heterocycles. The molecule has 0 fully saturated rings. The Hall–Kier alpha value is -0.520. The minimum Gasteiger partial charge on any atom is -0.394 e. The molecule has 4 nitrogen and oxygen atoms in total. The maximum absolute atomic E-state index is 12.2. The van der Waals surface area contributed by atoms with Crippen molar-refractivity contribution >= 4 is 6.29 Å². The summed E-state index contributed by atoms with van der Waals surface area (Å²) in [4.78, 5) is 9.72. The average Bonchev–Trinajstić information content (AvgIpc) is 2.02. The number of aliphatic hydroxyl groups is 3. The molecule has 66 valence electrons. The van der Waals surface area contributed by atoms with Gasteiger partial charge < -0.3 is 20.1 Å². The van der Waals surface area contributed by atoms with E-state index in [2.05, 4.69) is 0 Å². The van der Waals surface area contributed by atoms with Gasteiger partial charge in [-0.05, 0) is 0 Å². The van der Waals surface area contributed by atoms with Crippen molar-refractivity contribution in [1.82, 2.24) is 0 Å². The first kappa shape index (κ1) is 10.5. The molecule has 0 heterocycles. The molecule has 0 aromatic heterocycles. The summed E-state index contributed by atoms with van der Waals surface area (Å²) in [5, 5.41) is 25.8. The molecule has 0 spiro atoms. The first-order valence-electron chi connectivity index (χ1n) is 3.18. The van der Waals surface area contributed by atoms with Crippen LogP contribution in [0, 0.1) is 0 Å². The Labute approximate surface area is 63.3 Å². The summed E-state index contributed by atoms with van der Waals surface area (Å²) in [6.07, 6.45) is -5.00. The van der Waals surface area contributed by atoms with E-state index >= 15 is 0 Å². The van der Waals surface area contributed by atoms with Gasteiger partial charge in [-0.25, -0.2) is 4.39 Å². The zero-order valence-electron chi connectivity index (χ0n) is 5.85. The Morgan fingerprint density at radius 1 is 1.36 bits per heavy atom. The van der Waals surface area contributed by atoms with Gasteiger partial charge in [0, 0.05) is 6.42 Å². The van der Waals surface area contributed by atoms with Crippen LogP contribution in [0.4, 0.5) is 4.39 Å². The first-order valence-corrected chi connectivity index (χ1v) is 3.18. The van der Waals surface area contributed by atoms with Crippen molar-refractivity contribution in [3.63, 3.8) is 0 Å². The number of halogens is 1. The molecule has 5 heteroatoms. The van der Waals surface area contributed by atoms with E-state index in [0.29, 0.717) is 0 Å². The topological polar surface area (TPSA) is 77.8 Å². The van der Waals surface area contributed by atoms with Gasteiger partial charge in [0.15, 0.2) is 12.5 Å². The highest BCUT2D eigenvalue weighted by atomic mass is 19.1. The van der Waals surface area contributed by atoms with Gasteiger partial charge in [0.2, 0.25) is 0 Å². The Kier molecular flexibility index (Phi) is 4.93. The predicted octanol–water partition coefficient (Wildman–Crippen LogP) is -1.37. The SMILES string of the molecule is O=C[C@H](F)C[C@H](O)[C@H](O)CO. The number of aliphatic hydroxyl groups excluding tert-OH is 3. The molecule has 0 saturated carbocycles. The van der Waals surface area contributed by atoms with Gasteiger partial charge in [-0.1, -0.05) is 0 Å². The second kappa shape index (κ2) is 5.17. The van der Waals surface area contributed by atoms with Crippen molar-refractivity contribution in [2.45, 2.75) is 24.8 Å². The lowest BCUT2D eigenvalue weighted by molar-refractivity contribution is -0.114. The molecular formula is C6H11FO4. The van der Waals surface area contributed by atoms with Gasteiger partial charge in [0.05, 0.1) is 12.7 Å². The molecule has 0 rings (SSSR count). The van der Waals surface area contributed by atoms with E-state index in [9.17, 15) is 9.18 Å². The van der Waals surface area contributed by atoms with Crippen molar-refractivity contribution in [1.29, 1.82) is 0 Å². The van der Waals surface area contributed by atoms with E-state index in [4.69, 9.17) is 15.3 Å². The third-order valence-electron chi connectivity index (χ3n) is 1.25. The van der Waals surface area contributed by atoms with Crippen LogP contribution in [0.5, 0.6) is 0 Å². The predicted molar refractivity (Wildman–Crippen MR) is 34.7 cm³/mol. The third kappa shape index (κ3) is 4.02. The van der Waals surface area contributed by atoms with Gasteiger partial charge in [-0.2, -0.15) is 0 Å². The number of rotatable bonds is 5. The van der Waals surface area contributed by atoms with Crippen LogP contribution >= 0.6 is 0 Å². The Balaban J connectivity index is 3.66.